The summed E-state index contributed by atoms with van der Waals surface area (Å²) in [4.78, 5) is 18.9. The molecule has 1 saturated heterocycles. The lowest BCUT2D eigenvalue weighted by Gasteiger charge is -2.30. The molecule has 100 valence electrons. The van der Waals surface area contributed by atoms with Crippen molar-refractivity contribution >= 4 is 11.6 Å². The van der Waals surface area contributed by atoms with Gasteiger partial charge >= 0.3 is 0 Å². The number of carbonyl (C=O) groups is 1. The second-order valence-electron chi connectivity index (χ2n) is 5.35. The normalized spacial score (nSPS) is 19.9. The third-order valence-electron chi connectivity index (χ3n) is 3.73. The van der Waals surface area contributed by atoms with Crippen molar-refractivity contribution in [1.29, 1.82) is 0 Å². The number of piperidine rings is 1. The molecule has 2 aromatic rings. The Bertz CT molecular complexity index is 619. The Balaban J connectivity index is 1.99. The van der Waals surface area contributed by atoms with Gasteiger partial charge in [-0.3, -0.25) is 4.79 Å². The fourth-order valence-corrected chi connectivity index (χ4v) is 2.78. The first-order valence-electron chi connectivity index (χ1n) is 6.76. The Labute approximate surface area is 112 Å². The number of rotatable bonds is 1. The van der Waals surface area contributed by atoms with Crippen molar-refractivity contribution in [2.24, 2.45) is 5.92 Å². The number of aromatic nitrogens is 3. The Morgan fingerprint density at radius 1 is 1.47 bits per heavy atom. The predicted octanol–water partition coefficient (Wildman–Crippen LogP) is 1.91. The van der Waals surface area contributed by atoms with Crippen molar-refractivity contribution in [1.82, 2.24) is 19.5 Å². The Hall–Kier alpha value is -1.91. The smallest absolute Gasteiger partial charge is 0.259 e. The van der Waals surface area contributed by atoms with E-state index in [4.69, 9.17) is 0 Å². The summed E-state index contributed by atoms with van der Waals surface area (Å²) in [6.45, 7) is 5.74. The van der Waals surface area contributed by atoms with Gasteiger partial charge < -0.3 is 4.90 Å². The molecule has 1 amide bonds. The van der Waals surface area contributed by atoms with Crippen LogP contribution >= 0.6 is 0 Å². The van der Waals surface area contributed by atoms with Crippen molar-refractivity contribution < 1.29 is 4.79 Å². The predicted molar refractivity (Wildman–Crippen MR) is 72.0 cm³/mol. The summed E-state index contributed by atoms with van der Waals surface area (Å²) < 4.78 is 1.68. The monoisotopic (exact) mass is 258 g/mol. The van der Waals surface area contributed by atoms with Gasteiger partial charge in [0.25, 0.3) is 5.91 Å². The third kappa shape index (κ3) is 2.09. The van der Waals surface area contributed by atoms with Gasteiger partial charge in [-0.05, 0) is 31.7 Å². The quantitative estimate of drug-likeness (QED) is 0.785. The SMILES string of the molecule is Cc1nn2cccnc2c1C(=O)N1CCCC(C)C1. The summed E-state index contributed by atoms with van der Waals surface area (Å²) in [6.07, 6.45) is 5.81. The molecule has 19 heavy (non-hydrogen) atoms. The number of nitrogens with zero attached hydrogens (tertiary/aromatic N) is 4. The van der Waals surface area contributed by atoms with Crippen molar-refractivity contribution in [3.63, 3.8) is 0 Å². The molecular formula is C14H18N4O. The maximum absolute atomic E-state index is 12.7. The van der Waals surface area contributed by atoms with Crippen LogP contribution in [0.2, 0.25) is 0 Å². The minimum atomic E-state index is 0.0674. The molecule has 0 bridgehead atoms. The minimum absolute atomic E-state index is 0.0674. The Morgan fingerprint density at radius 3 is 3.11 bits per heavy atom. The van der Waals surface area contributed by atoms with E-state index in [-0.39, 0.29) is 5.91 Å². The van der Waals surface area contributed by atoms with Crippen LogP contribution in [0.25, 0.3) is 5.65 Å². The van der Waals surface area contributed by atoms with E-state index in [9.17, 15) is 4.79 Å². The van der Waals surface area contributed by atoms with E-state index < -0.39 is 0 Å². The van der Waals surface area contributed by atoms with Crippen LogP contribution in [0.4, 0.5) is 0 Å². The highest BCUT2D eigenvalue weighted by Gasteiger charge is 2.26. The Kier molecular flexibility index (Phi) is 2.97. The lowest BCUT2D eigenvalue weighted by molar-refractivity contribution is 0.0684. The summed E-state index contributed by atoms with van der Waals surface area (Å²) in [5.74, 6) is 0.644. The van der Waals surface area contributed by atoms with Crippen LogP contribution in [0, 0.1) is 12.8 Å². The van der Waals surface area contributed by atoms with E-state index in [0.717, 1.165) is 25.2 Å². The van der Waals surface area contributed by atoms with Gasteiger partial charge in [0.05, 0.1) is 5.69 Å². The van der Waals surface area contributed by atoms with Gasteiger partial charge in [0, 0.05) is 25.5 Å². The molecule has 0 aliphatic carbocycles. The number of fused-ring (bicyclic) bond motifs is 1. The number of hydrogen-bond acceptors (Lipinski definition) is 3. The molecule has 3 rings (SSSR count). The van der Waals surface area contributed by atoms with E-state index in [0.29, 0.717) is 17.1 Å². The standard InChI is InChI=1S/C14H18N4O/c1-10-5-3-7-17(9-10)14(19)12-11(2)16-18-8-4-6-15-13(12)18/h4,6,8,10H,3,5,7,9H2,1-2H3. The first-order chi connectivity index (χ1) is 9.16. The maximum Gasteiger partial charge on any atom is 0.259 e. The summed E-state index contributed by atoms with van der Waals surface area (Å²) in [5.41, 5.74) is 2.06. The number of hydrogen-bond donors (Lipinski definition) is 0. The summed E-state index contributed by atoms with van der Waals surface area (Å²) >= 11 is 0. The van der Waals surface area contributed by atoms with E-state index in [1.807, 2.05) is 24.1 Å². The van der Waals surface area contributed by atoms with Crippen LogP contribution in [0.15, 0.2) is 18.5 Å². The highest BCUT2D eigenvalue weighted by Crippen LogP contribution is 2.21. The minimum Gasteiger partial charge on any atom is -0.338 e. The first kappa shape index (κ1) is 12.1. The number of aryl methyl sites for hydroxylation is 1. The average Bonchev–Trinajstić information content (AvgIpc) is 2.74. The molecular weight excluding hydrogens is 240 g/mol. The highest BCUT2D eigenvalue weighted by molar-refractivity contribution is 6.01. The number of likely N-dealkylation sites (tertiary alicyclic amines) is 1. The van der Waals surface area contributed by atoms with E-state index in [1.165, 1.54) is 6.42 Å². The van der Waals surface area contributed by atoms with Crippen molar-refractivity contribution in [2.75, 3.05) is 13.1 Å². The van der Waals surface area contributed by atoms with Crippen LogP contribution in [-0.4, -0.2) is 38.5 Å². The fourth-order valence-electron chi connectivity index (χ4n) is 2.78. The lowest BCUT2D eigenvalue weighted by Crippen LogP contribution is -2.39. The van der Waals surface area contributed by atoms with E-state index in [1.54, 1.807) is 10.7 Å². The molecule has 2 aromatic heterocycles. The number of carbonyl (C=O) groups excluding carboxylic acids is 1. The molecule has 1 unspecified atom stereocenters. The summed E-state index contributed by atoms with van der Waals surface area (Å²) in [7, 11) is 0. The van der Waals surface area contributed by atoms with Gasteiger partial charge in [-0.2, -0.15) is 5.10 Å². The molecule has 0 N–H and O–H groups in total. The van der Waals surface area contributed by atoms with Crippen LogP contribution < -0.4 is 0 Å². The molecule has 0 spiro atoms. The van der Waals surface area contributed by atoms with Crippen molar-refractivity contribution in [3.8, 4) is 0 Å². The van der Waals surface area contributed by atoms with Gasteiger partial charge in [-0.1, -0.05) is 6.92 Å². The van der Waals surface area contributed by atoms with Gasteiger partial charge in [0.1, 0.15) is 5.56 Å². The highest BCUT2D eigenvalue weighted by atomic mass is 16.2. The average molecular weight is 258 g/mol. The molecule has 1 fully saturated rings. The van der Waals surface area contributed by atoms with Crippen LogP contribution in [-0.2, 0) is 0 Å². The van der Waals surface area contributed by atoms with Gasteiger partial charge in [-0.15, -0.1) is 0 Å². The molecule has 1 aliphatic heterocycles. The molecule has 1 aliphatic rings. The van der Waals surface area contributed by atoms with Crippen LogP contribution in [0.1, 0.15) is 35.8 Å². The second kappa shape index (κ2) is 4.64. The zero-order valence-electron chi connectivity index (χ0n) is 11.3. The molecule has 3 heterocycles. The zero-order valence-corrected chi connectivity index (χ0v) is 11.3. The molecule has 0 aromatic carbocycles. The van der Waals surface area contributed by atoms with Crippen molar-refractivity contribution in [2.45, 2.75) is 26.7 Å². The number of amides is 1. The van der Waals surface area contributed by atoms with Gasteiger partial charge in [0.2, 0.25) is 0 Å². The topological polar surface area (TPSA) is 50.5 Å². The zero-order chi connectivity index (χ0) is 13.4. The molecule has 0 saturated carbocycles. The van der Waals surface area contributed by atoms with Gasteiger partial charge in [0.15, 0.2) is 5.65 Å². The van der Waals surface area contributed by atoms with Crippen LogP contribution in [0.3, 0.4) is 0 Å². The van der Waals surface area contributed by atoms with Gasteiger partial charge in [-0.25, -0.2) is 9.50 Å². The lowest BCUT2D eigenvalue weighted by atomic mass is 9.99. The largest absolute Gasteiger partial charge is 0.338 e. The fraction of sp³-hybridized carbons (Fsp3) is 0.500. The van der Waals surface area contributed by atoms with Crippen molar-refractivity contribution in [3.05, 3.63) is 29.7 Å². The Morgan fingerprint density at radius 2 is 2.32 bits per heavy atom. The van der Waals surface area contributed by atoms with E-state index in [2.05, 4.69) is 17.0 Å². The summed E-state index contributed by atoms with van der Waals surface area (Å²) in [5, 5.41) is 4.35. The molecule has 0 radical (unpaired) electrons. The summed E-state index contributed by atoms with van der Waals surface area (Å²) in [6, 6.07) is 1.82. The molecule has 5 nitrogen and oxygen atoms in total. The van der Waals surface area contributed by atoms with E-state index >= 15 is 0 Å². The molecule has 1 atom stereocenters. The maximum atomic E-state index is 12.7. The first-order valence-corrected chi connectivity index (χ1v) is 6.76. The third-order valence-corrected chi connectivity index (χ3v) is 3.73. The molecule has 5 heteroatoms. The van der Waals surface area contributed by atoms with Crippen LogP contribution in [0.5, 0.6) is 0 Å². The second-order valence-corrected chi connectivity index (χ2v) is 5.35.